The maximum absolute atomic E-state index is 14.3. The molecule has 0 amide bonds. The Balaban J connectivity index is 1.58. The van der Waals surface area contributed by atoms with Gasteiger partial charge in [0, 0.05) is 22.6 Å². The summed E-state index contributed by atoms with van der Waals surface area (Å²) in [6.45, 7) is 1.97. The molecule has 5 rings (SSSR count). The number of nitrogens with one attached hydrogen (secondary N) is 1. The molecule has 29 heavy (non-hydrogen) atoms. The first kappa shape index (κ1) is 18.0. The number of rotatable bonds is 3. The Kier molecular flexibility index (Phi) is 4.04. The van der Waals surface area contributed by atoms with Crippen molar-refractivity contribution in [3.05, 3.63) is 63.8 Å². The topological polar surface area (TPSA) is 106 Å². The molecule has 3 aromatic heterocycles. The van der Waals surface area contributed by atoms with Crippen LogP contribution < -0.4 is 5.73 Å². The van der Waals surface area contributed by atoms with Gasteiger partial charge in [0.25, 0.3) is 0 Å². The smallest absolute Gasteiger partial charge is 0.247 e. The molecule has 10 heteroatoms. The summed E-state index contributed by atoms with van der Waals surface area (Å²) in [5, 5.41) is 15.1. The summed E-state index contributed by atoms with van der Waals surface area (Å²) in [6, 6.07) is 6.39. The predicted octanol–water partition coefficient (Wildman–Crippen LogP) is 4.16. The molecule has 0 unspecified atom stereocenters. The van der Waals surface area contributed by atoms with Crippen molar-refractivity contribution in [2.24, 2.45) is 10.7 Å². The third-order valence-corrected chi connectivity index (χ3v) is 6.70. The number of H-pyrrole nitrogens is 1. The van der Waals surface area contributed by atoms with E-state index < -0.39 is 11.4 Å². The summed E-state index contributed by atoms with van der Waals surface area (Å²) in [5.41, 5.74) is 8.38. The van der Waals surface area contributed by atoms with Crippen molar-refractivity contribution in [3.63, 3.8) is 0 Å². The van der Waals surface area contributed by atoms with E-state index in [1.807, 2.05) is 13.0 Å². The maximum atomic E-state index is 14.3. The van der Waals surface area contributed by atoms with E-state index in [2.05, 4.69) is 20.4 Å². The fourth-order valence-electron chi connectivity index (χ4n) is 3.54. The number of nitrogens with zero attached hydrogens (tertiary/aromatic N) is 4. The van der Waals surface area contributed by atoms with Gasteiger partial charge in [-0.15, -0.1) is 21.5 Å². The number of thiophene rings is 1. The Bertz CT molecular complexity index is 1250. The minimum atomic E-state index is -0.647. The van der Waals surface area contributed by atoms with E-state index in [-0.39, 0.29) is 5.89 Å². The molecule has 0 spiro atoms. The van der Waals surface area contributed by atoms with Crippen molar-refractivity contribution in [2.45, 2.75) is 18.9 Å². The van der Waals surface area contributed by atoms with E-state index in [1.54, 1.807) is 12.3 Å². The molecule has 4 aromatic rings. The number of fused-ring (bicyclic) bond motifs is 1. The van der Waals surface area contributed by atoms with E-state index in [1.165, 1.54) is 29.9 Å². The van der Waals surface area contributed by atoms with Gasteiger partial charge in [-0.05, 0) is 36.8 Å². The second kappa shape index (κ2) is 6.50. The fourth-order valence-corrected chi connectivity index (χ4v) is 5.16. The van der Waals surface area contributed by atoms with Gasteiger partial charge in [-0.25, -0.2) is 4.39 Å². The molecule has 1 aliphatic rings. The van der Waals surface area contributed by atoms with Crippen LogP contribution in [0.3, 0.4) is 0 Å². The summed E-state index contributed by atoms with van der Waals surface area (Å²) in [4.78, 5) is 6.34. The van der Waals surface area contributed by atoms with E-state index in [0.29, 0.717) is 28.4 Å². The third-order valence-electron chi connectivity index (χ3n) is 4.85. The van der Waals surface area contributed by atoms with Crippen LogP contribution in [0, 0.1) is 5.82 Å². The number of nitrogens with two attached hydrogens (primary N) is 1. The lowest BCUT2D eigenvalue weighted by molar-refractivity contribution is 0.491. The largest absolute Gasteiger partial charge is 0.423 e. The van der Waals surface area contributed by atoms with Gasteiger partial charge in [0.05, 0.1) is 21.7 Å². The van der Waals surface area contributed by atoms with Crippen molar-refractivity contribution in [1.29, 1.82) is 0 Å². The van der Waals surface area contributed by atoms with Crippen LogP contribution in [0.1, 0.15) is 23.1 Å². The summed E-state index contributed by atoms with van der Waals surface area (Å²) in [7, 11) is 0. The zero-order valence-corrected chi connectivity index (χ0v) is 16.7. The normalized spacial score (nSPS) is 18.5. The van der Waals surface area contributed by atoms with Crippen molar-refractivity contribution in [2.75, 3.05) is 0 Å². The van der Waals surface area contributed by atoms with Gasteiger partial charge < -0.3 is 10.2 Å². The number of benzene rings is 1. The highest BCUT2D eigenvalue weighted by atomic mass is 35.5. The van der Waals surface area contributed by atoms with Gasteiger partial charge in [-0.2, -0.15) is 5.10 Å². The highest BCUT2D eigenvalue weighted by molar-refractivity contribution is 7.16. The molecule has 4 heterocycles. The van der Waals surface area contributed by atoms with Gasteiger partial charge in [-0.3, -0.25) is 10.1 Å². The fraction of sp³-hybridized carbons (Fsp3) is 0.158. The summed E-state index contributed by atoms with van der Waals surface area (Å²) in [6.07, 6.45) is 3.45. The molecular formula is C19H14ClFN6OS. The average molecular weight is 429 g/mol. The zero-order chi connectivity index (χ0) is 20.2. The van der Waals surface area contributed by atoms with Crippen molar-refractivity contribution >= 4 is 28.8 Å². The lowest BCUT2D eigenvalue weighted by atomic mass is 9.90. The first-order chi connectivity index (χ1) is 13.9. The van der Waals surface area contributed by atoms with Crippen LogP contribution in [0.15, 0.2) is 46.3 Å². The van der Waals surface area contributed by atoms with Crippen LogP contribution in [0.25, 0.3) is 21.9 Å². The monoisotopic (exact) mass is 428 g/mol. The van der Waals surface area contributed by atoms with Crippen molar-refractivity contribution in [1.82, 2.24) is 20.4 Å². The molecule has 0 aliphatic carbocycles. The minimum Gasteiger partial charge on any atom is -0.423 e. The van der Waals surface area contributed by atoms with E-state index in [9.17, 15) is 4.39 Å². The van der Waals surface area contributed by atoms with Gasteiger partial charge in [-0.1, -0.05) is 11.6 Å². The zero-order valence-electron chi connectivity index (χ0n) is 15.1. The summed E-state index contributed by atoms with van der Waals surface area (Å²) < 4.78 is 19.4. The molecule has 0 saturated carbocycles. The number of hydrogen-bond acceptors (Lipinski definition) is 7. The third kappa shape index (κ3) is 3.02. The SMILES string of the molecule is C[C@@]1(c2sc(-c3cc(F)cc(-c4nnco4)c3)cc2Cl)Cc2[nH]ncc2C(N)=N1. The lowest BCUT2D eigenvalue weighted by Gasteiger charge is -2.28. The maximum Gasteiger partial charge on any atom is 0.247 e. The minimum absolute atomic E-state index is 0.247. The highest BCUT2D eigenvalue weighted by Crippen LogP contribution is 2.45. The van der Waals surface area contributed by atoms with Gasteiger partial charge in [0.2, 0.25) is 12.3 Å². The number of aromatic nitrogens is 4. The second-order valence-corrected chi connectivity index (χ2v) is 8.43. The number of hydrogen-bond donors (Lipinski definition) is 2. The Labute approximate surface area is 173 Å². The standard InChI is InChI=1S/C19H14ClFN6OS/c1-19(6-14-12(7-23-26-14)17(22)25-19)16-13(20)5-15(29-16)9-2-10(4-11(21)3-9)18-27-24-8-28-18/h2-5,7-8H,6H2,1H3,(H2,22,25)(H,23,26)/t19-/m0/s1. The molecular weight excluding hydrogens is 415 g/mol. The molecule has 146 valence electrons. The van der Waals surface area contributed by atoms with Crippen LogP contribution in [0.4, 0.5) is 4.39 Å². The molecule has 3 N–H and O–H groups in total. The summed E-state index contributed by atoms with van der Waals surface area (Å²) >= 11 is 8.04. The molecule has 1 atom stereocenters. The molecule has 7 nitrogen and oxygen atoms in total. The van der Waals surface area contributed by atoms with Crippen LogP contribution in [-0.2, 0) is 12.0 Å². The van der Waals surface area contributed by atoms with E-state index in [4.69, 9.17) is 26.7 Å². The van der Waals surface area contributed by atoms with Crippen molar-refractivity contribution < 1.29 is 8.81 Å². The van der Waals surface area contributed by atoms with Gasteiger partial charge >= 0.3 is 0 Å². The Morgan fingerprint density at radius 3 is 2.90 bits per heavy atom. The first-order valence-corrected chi connectivity index (χ1v) is 9.88. The molecule has 0 fully saturated rings. The molecule has 0 saturated heterocycles. The summed E-state index contributed by atoms with van der Waals surface area (Å²) in [5.74, 6) is 0.255. The average Bonchev–Trinajstić information content (AvgIpc) is 3.41. The predicted molar refractivity (Wildman–Crippen MR) is 108 cm³/mol. The Morgan fingerprint density at radius 2 is 2.10 bits per heavy atom. The highest BCUT2D eigenvalue weighted by Gasteiger charge is 2.36. The van der Waals surface area contributed by atoms with Crippen molar-refractivity contribution in [3.8, 4) is 21.9 Å². The van der Waals surface area contributed by atoms with Crippen LogP contribution in [-0.4, -0.2) is 26.2 Å². The molecule has 0 radical (unpaired) electrons. The van der Waals surface area contributed by atoms with Crippen LogP contribution >= 0.6 is 22.9 Å². The number of aromatic amines is 1. The quantitative estimate of drug-likeness (QED) is 0.509. The molecule has 1 aliphatic heterocycles. The Morgan fingerprint density at radius 1 is 1.28 bits per heavy atom. The van der Waals surface area contributed by atoms with E-state index >= 15 is 0 Å². The first-order valence-electron chi connectivity index (χ1n) is 8.68. The lowest BCUT2D eigenvalue weighted by Crippen LogP contribution is -2.32. The molecule has 0 bridgehead atoms. The van der Waals surface area contributed by atoms with E-state index in [0.717, 1.165) is 21.0 Å². The number of amidine groups is 1. The second-order valence-electron chi connectivity index (χ2n) is 6.97. The Hall–Kier alpha value is -3.04. The van der Waals surface area contributed by atoms with Gasteiger partial charge in [0.1, 0.15) is 17.2 Å². The number of aliphatic imine (C=N–C) groups is 1. The molecule has 1 aromatic carbocycles. The van der Waals surface area contributed by atoms with Crippen LogP contribution in [0.2, 0.25) is 5.02 Å². The van der Waals surface area contributed by atoms with Crippen LogP contribution in [0.5, 0.6) is 0 Å². The van der Waals surface area contributed by atoms with Gasteiger partial charge in [0.15, 0.2) is 0 Å². The number of halogens is 2.